The van der Waals surface area contributed by atoms with Gasteiger partial charge in [0.15, 0.2) is 0 Å². The van der Waals surface area contributed by atoms with Crippen LogP contribution in [0.25, 0.3) is 16.9 Å². The standard InChI is InChI=1S/C20H19N5O3/c1-28-20(27)11-5-8-15-24-18(19(25(15)10-11)22-12-6-7-12)13-3-2-4-14-17(13)21-9-16(26)23-14/h2-5,8,10,12,21-22H,6-7,9H2,1H3,(H,23,26). The van der Waals surface area contributed by atoms with Gasteiger partial charge in [-0.05, 0) is 31.0 Å². The van der Waals surface area contributed by atoms with Crippen molar-refractivity contribution >= 4 is 34.7 Å². The second-order valence-corrected chi connectivity index (χ2v) is 7.00. The highest BCUT2D eigenvalue weighted by Gasteiger charge is 2.27. The van der Waals surface area contributed by atoms with Gasteiger partial charge in [-0.15, -0.1) is 0 Å². The maximum absolute atomic E-state index is 12.0. The number of aromatic nitrogens is 2. The maximum atomic E-state index is 12.0. The number of fused-ring (bicyclic) bond motifs is 2. The molecular weight excluding hydrogens is 358 g/mol. The van der Waals surface area contributed by atoms with E-state index in [1.807, 2.05) is 22.6 Å². The number of anilines is 3. The quantitative estimate of drug-likeness (QED) is 0.605. The summed E-state index contributed by atoms with van der Waals surface area (Å²) in [7, 11) is 1.37. The number of rotatable bonds is 4. The normalized spacial score (nSPS) is 15.5. The summed E-state index contributed by atoms with van der Waals surface area (Å²) in [6.45, 7) is 0.218. The Morgan fingerprint density at radius 2 is 2.14 bits per heavy atom. The number of pyridine rings is 1. The summed E-state index contributed by atoms with van der Waals surface area (Å²) in [5, 5.41) is 9.62. The SMILES string of the molecule is COC(=O)c1ccc2nc(-c3cccc4c3NCC(=O)N4)c(NC3CC3)n2c1. The summed E-state index contributed by atoms with van der Waals surface area (Å²) in [6, 6.07) is 9.64. The molecule has 1 aliphatic heterocycles. The number of hydrogen-bond acceptors (Lipinski definition) is 6. The molecule has 2 aliphatic rings. The minimum atomic E-state index is -0.393. The van der Waals surface area contributed by atoms with Crippen LogP contribution in [0.1, 0.15) is 23.2 Å². The lowest BCUT2D eigenvalue weighted by molar-refractivity contribution is -0.114. The average molecular weight is 377 g/mol. The number of benzene rings is 1. The molecule has 8 heteroatoms. The molecule has 2 aromatic heterocycles. The highest BCUT2D eigenvalue weighted by atomic mass is 16.5. The third kappa shape index (κ3) is 2.74. The topological polar surface area (TPSA) is 96.8 Å². The van der Waals surface area contributed by atoms with Crippen LogP contribution in [0.3, 0.4) is 0 Å². The van der Waals surface area contributed by atoms with Crippen molar-refractivity contribution in [2.45, 2.75) is 18.9 Å². The van der Waals surface area contributed by atoms with Crippen molar-refractivity contribution in [1.82, 2.24) is 9.38 Å². The van der Waals surface area contributed by atoms with Gasteiger partial charge in [-0.25, -0.2) is 9.78 Å². The number of carbonyl (C=O) groups is 2. The number of ether oxygens (including phenoxy) is 1. The lowest BCUT2D eigenvalue weighted by Crippen LogP contribution is -2.27. The Hall–Kier alpha value is -3.55. The fourth-order valence-corrected chi connectivity index (χ4v) is 3.44. The monoisotopic (exact) mass is 377 g/mol. The van der Waals surface area contributed by atoms with E-state index in [4.69, 9.17) is 9.72 Å². The van der Waals surface area contributed by atoms with Gasteiger partial charge in [0.2, 0.25) is 5.91 Å². The second kappa shape index (κ2) is 6.26. The predicted molar refractivity (Wildman–Crippen MR) is 106 cm³/mol. The van der Waals surface area contributed by atoms with Crippen LogP contribution in [-0.2, 0) is 9.53 Å². The zero-order chi connectivity index (χ0) is 19.3. The van der Waals surface area contributed by atoms with Crippen LogP contribution in [0.4, 0.5) is 17.2 Å². The number of esters is 1. The largest absolute Gasteiger partial charge is 0.465 e. The molecule has 3 aromatic rings. The first-order chi connectivity index (χ1) is 13.6. The van der Waals surface area contributed by atoms with Gasteiger partial charge < -0.3 is 20.7 Å². The van der Waals surface area contributed by atoms with Gasteiger partial charge in [0.1, 0.15) is 17.2 Å². The Kier molecular flexibility index (Phi) is 3.71. The third-order valence-corrected chi connectivity index (χ3v) is 4.98. The van der Waals surface area contributed by atoms with E-state index in [-0.39, 0.29) is 12.5 Å². The Bertz CT molecular complexity index is 1120. The van der Waals surface area contributed by atoms with E-state index in [1.54, 1.807) is 18.3 Å². The first-order valence-electron chi connectivity index (χ1n) is 9.18. The molecule has 3 heterocycles. The van der Waals surface area contributed by atoms with E-state index in [0.717, 1.165) is 46.9 Å². The number of nitrogens with zero attached hydrogens (tertiary/aromatic N) is 2. The summed E-state index contributed by atoms with van der Waals surface area (Å²) < 4.78 is 6.74. The number of para-hydroxylation sites is 1. The van der Waals surface area contributed by atoms with Crippen LogP contribution in [0.5, 0.6) is 0 Å². The highest BCUT2D eigenvalue weighted by molar-refractivity contribution is 6.04. The summed E-state index contributed by atoms with van der Waals surface area (Å²) in [4.78, 5) is 28.5. The third-order valence-electron chi connectivity index (χ3n) is 4.98. The lowest BCUT2D eigenvalue weighted by Gasteiger charge is -2.21. The molecule has 1 saturated carbocycles. The molecule has 1 fully saturated rings. The Balaban J connectivity index is 1.70. The van der Waals surface area contributed by atoms with E-state index < -0.39 is 5.97 Å². The Morgan fingerprint density at radius 3 is 2.93 bits per heavy atom. The highest BCUT2D eigenvalue weighted by Crippen LogP contribution is 2.40. The summed E-state index contributed by atoms with van der Waals surface area (Å²) in [6.07, 6.45) is 3.95. The van der Waals surface area contributed by atoms with Crippen molar-refractivity contribution in [1.29, 1.82) is 0 Å². The van der Waals surface area contributed by atoms with Crippen LogP contribution < -0.4 is 16.0 Å². The van der Waals surface area contributed by atoms with Crippen molar-refractivity contribution in [3.8, 4) is 11.3 Å². The molecule has 1 amide bonds. The predicted octanol–water partition coefficient (Wildman–Crippen LogP) is 2.73. The number of methoxy groups -OCH3 is 1. The van der Waals surface area contributed by atoms with Gasteiger partial charge in [-0.3, -0.25) is 9.20 Å². The molecule has 1 aliphatic carbocycles. The molecule has 3 N–H and O–H groups in total. The van der Waals surface area contributed by atoms with E-state index in [9.17, 15) is 9.59 Å². The minimum Gasteiger partial charge on any atom is -0.465 e. The lowest BCUT2D eigenvalue weighted by atomic mass is 10.1. The van der Waals surface area contributed by atoms with Crippen LogP contribution >= 0.6 is 0 Å². The van der Waals surface area contributed by atoms with Crippen LogP contribution in [0, 0.1) is 0 Å². The molecule has 0 unspecified atom stereocenters. The van der Waals surface area contributed by atoms with E-state index in [1.165, 1.54) is 7.11 Å². The van der Waals surface area contributed by atoms with Crippen molar-refractivity contribution in [2.24, 2.45) is 0 Å². The van der Waals surface area contributed by atoms with Gasteiger partial charge in [0.05, 0.1) is 30.6 Å². The molecule has 0 atom stereocenters. The van der Waals surface area contributed by atoms with Crippen molar-refractivity contribution in [2.75, 3.05) is 29.6 Å². The first-order valence-corrected chi connectivity index (χ1v) is 9.18. The van der Waals surface area contributed by atoms with Gasteiger partial charge >= 0.3 is 5.97 Å². The zero-order valence-electron chi connectivity index (χ0n) is 15.3. The maximum Gasteiger partial charge on any atom is 0.339 e. The van der Waals surface area contributed by atoms with Gasteiger partial charge in [-0.2, -0.15) is 0 Å². The number of imidazole rings is 1. The summed E-state index contributed by atoms with van der Waals surface area (Å²) >= 11 is 0. The van der Waals surface area contributed by atoms with Gasteiger partial charge in [0.25, 0.3) is 0 Å². The second-order valence-electron chi connectivity index (χ2n) is 7.00. The fraction of sp³-hybridized carbons (Fsp3) is 0.250. The molecular formula is C20H19N5O3. The number of amides is 1. The molecule has 142 valence electrons. The molecule has 0 saturated heterocycles. The molecule has 0 spiro atoms. The molecule has 28 heavy (non-hydrogen) atoms. The van der Waals surface area contributed by atoms with Crippen LogP contribution in [-0.4, -0.2) is 41.0 Å². The average Bonchev–Trinajstić information content (AvgIpc) is 3.46. The molecule has 0 bridgehead atoms. The van der Waals surface area contributed by atoms with Crippen LogP contribution in [0.2, 0.25) is 0 Å². The Labute approximate surface area is 160 Å². The smallest absolute Gasteiger partial charge is 0.339 e. The van der Waals surface area contributed by atoms with E-state index in [0.29, 0.717) is 11.6 Å². The Morgan fingerprint density at radius 1 is 1.29 bits per heavy atom. The fourth-order valence-electron chi connectivity index (χ4n) is 3.44. The number of hydrogen-bond donors (Lipinski definition) is 3. The summed E-state index contributed by atoms with van der Waals surface area (Å²) in [5.74, 6) is 0.366. The minimum absolute atomic E-state index is 0.0706. The van der Waals surface area contributed by atoms with Crippen LogP contribution in [0.15, 0.2) is 36.5 Å². The van der Waals surface area contributed by atoms with Crippen molar-refractivity contribution in [3.05, 3.63) is 42.1 Å². The number of carbonyl (C=O) groups excluding carboxylic acids is 2. The van der Waals surface area contributed by atoms with Crippen molar-refractivity contribution in [3.63, 3.8) is 0 Å². The van der Waals surface area contributed by atoms with Gasteiger partial charge in [-0.1, -0.05) is 12.1 Å². The molecule has 0 radical (unpaired) electrons. The van der Waals surface area contributed by atoms with E-state index in [2.05, 4.69) is 16.0 Å². The van der Waals surface area contributed by atoms with Gasteiger partial charge in [0, 0.05) is 17.8 Å². The first kappa shape index (κ1) is 16.6. The summed E-state index contributed by atoms with van der Waals surface area (Å²) in [5.41, 5.74) is 4.43. The molecule has 5 rings (SSSR count). The van der Waals surface area contributed by atoms with Crippen molar-refractivity contribution < 1.29 is 14.3 Å². The zero-order valence-corrected chi connectivity index (χ0v) is 15.3. The molecule has 1 aromatic carbocycles. The van der Waals surface area contributed by atoms with E-state index >= 15 is 0 Å². The number of nitrogens with one attached hydrogen (secondary N) is 3. The molecule has 8 nitrogen and oxygen atoms in total.